The molecule has 0 unspecified atom stereocenters. The molecule has 168 valence electrons. The lowest BCUT2D eigenvalue weighted by Crippen LogP contribution is -2.46. The second-order valence-corrected chi connectivity index (χ2v) is 12.0. The van der Waals surface area contributed by atoms with E-state index in [-0.39, 0.29) is 22.5 Å². The van der Waals surface area contributed by atoms with Crippen LogP contribution >= 0.6 is 0 Å². The van der Waals surface area contributed by atoms with Gasteiger partial charge in [-0.25, -0.2) is 21.1 Å². The maximum atomic E-state index is 12.8. The first-order chi connectivity index (χ1) is 14.1. The Labute approximate surface area is 179 Å². The highest BCUT2D eigenvalue weighted by Crippen LogP contribution is 2.23. The van der Waals surface area contributed by atoms with E-state index in [1.54, 1.807) is 19.1 Å². The van der Waals surface area contributed by atoms with Crippen LogP contribution in [-0.4, -0.2) is 88.3 Å². The van der Waals surface area contributed by atoms with Crippen molar-refractivity contribution in [2.75, 3.05) is 57.4 Å². The molecule has 2 aliphatic rings. The Balaban J connectivity index is 1.57. The molecule has 0 atom stereocenters. The lowest BCUT2D eigenvalue weighted by Gasteiger charge is -2.31. The van der Waals surface area contributed by atoms with Crippen LogP contribution in [0, 0.1) is 5.92 Å². The van der Waals surface area contributed by atoms with Crippen LogP contribution in [0.4, 0.5) is 5.69 Å². The van der Waals surface area contributed by atoms with Gasteiger partial charge in [-0.05, 0) is 51.1 Å². The summed E-state index contributed by atoms with van der Waals surface area (Å²) in [7, 11) is -4.80. The molecular weight excluding hydrogens is 428 g/mol. The van der Waals surface area contributed by atoms with E-state index in [1.165, 1.54) is 20.7 Å². The van der Waals surface area contributed by atoms with Crippen LogP contribution in [0.25, 0.3) is 0 Å². The van der Waals surface area contributed by atoms with Crippen LogP contribution in [0.1, 0.15) is 19.8 Å². The first kappa shape index (κ1) is 23.1. The number of benzene rings is 1. The number of carbonyl (C=O) groups is 1. The molecule has 2 heterocycles. The van der Waals surface area contributed by atoms with Crippen molar-refractivity contribution in [1.82, 2.24) is 13.5 Å². The standard InChI is InChI=1S/C19H30N4O5S2/c1-3-29(25,26)22-10-8-16(9-11-22)19(24)20-17-4-6-18(7-5-17)30(27,28)23-14-12-21(2)13-15-23/h4-7,16H,3,8-15H2,1-2H3,(H,20,24). The fourth-order valence-corrected chi connectivity index (χ4v) is 6.27. The van der Waals surface area contributed by atoms with E-state index in [0.29, 0.717) is 57.8 Å². The van der Waals surface area contributed by atoms with Crippen molar-refractivity contribution in [3.63, 3.8) is 0 Å². The summed E-state index contributed by atoms with van der Waals surface area (Å²) in [6.45, 7) is 4.62. The number of piperidine rings is 1. The summed E-state index contributed by atoms with van der Waals surface area (Å²) in [5.41, 5.74) is 0.529. The zero-order chi connectivity index (χ0) is 21.9. The van der Waals surface area contributed by atoms with E-state index < -0.39 is 20.0 Å². The smallest absolute Gasteiger partial charge is 0.243 e. The summed E-state index contributed by atoms with van der Waals surface area (Å²) in [5, 5.41) is 2.82. The van der Waals surface area contributed by atoms with E-state index in [2.05, 4.69) is 10.2 Å². The minimum Gasteiger partial charge on any atom is -0.326 e. The number of sulfonamides is 2. The second kappa shape index (κ2) is 9.31. The van der Waals surface area contributed by atoms with Crippen molar-refractivity contribution < 1.29 is 21.6 Å². The highest BCUT2D eigenvalue weighted by atomic mass is 32.2. The number of nitrogens with zero attached hydrogens (tertiary/aromatic N) is 3. The van der Waals surface area contributed by atoms with E-state index >= 15 is 0 Å². The molecular formula is C19H30N4O5S2. The molecule has 1 aromatic carbocycles. The quantitative estimate of drug-likeness (QED) is 0.670. The number of rotatable bonds is 6. The van der Waals surface area contributed by atoms with Crippen molar-refractivity contribution >= 4 is 31.6 Å². The molecule has 2 aliphatic heterocycles. The maximum absolute atomic E-state index is 12.8. The van der Waals surface area contributed by atoms with Gasteiger partial charge in [0.2, 0.25) is 26.0 Å². The summed E-state index contributed by atoms with van der Waals surface area (Å²) in [6.07, 6.45) is 0.946. The summed E-state index contributed by atoms with van der Waals surface area (Å²) >= 11 is 0. The third-order valence-corrected chi connectivity index (χ3v) is 9.60. The van der Waals surface area contributed by atoms with Gasteiger partial charge in [0, 0.05) is 50.9 Å². The van der Waals surface area contributed by atoms with Crippen molar-refractivity contribution in [3.8, 4) is 0 Å². The van der Waals surface area contributed by atoms with Gasteiger partial charge in [-0.3, -0.25) is 4.79 Å². The highest BCUT2D eigenvalue weighted by molar-refractivity contribution is 7.89. The van der Waals surface area contributed by atoms with Gasteiger partial charge in [0.05, 0.1) is 10.6 Å². The molecule has 0 bridgehead atoms. The summed E-state index contributed by atoms with van der Waals surface area (Å²) in [5.74, 6) is -0.368. The zero-order valence-corrected chi connectivity index (χ0v) is 19.1. The average Bonchev–Trinajstić information content (AvgIpc) is 2.74. The Morgan fingerprint density at radius 3 is 2.03 bits per heavy atom. The first-order valence-electron chi connectivity index (χ1n) is 10.2. The van der Waals surface area contributed by atoms with Crippen molar-refractivity contribution in [3.05, 3.63) is 24.3 Å². The van der Waals surface area contributed by atoms with E-state index in [9.17, 15) is 21.6 Å². The van der Waals surface area contributed by atoms with Crippen LogP contribution in [0.2, 0.25) is 0 Å². The lowest BCUT2D eigenvalue weighted by molar-refractivity contribution is -0.120. The van der Waals surface area contributed by atoms with Gasteiger partial charge >= 0.3 is 0 Å². The van der Waals surface area contributed by atoms with Gasteiger partial charge in [-0.1, -0.05) is 0 Å². The molecule has 0 radical (unpaired) electrons. The fourth-order valence-electron chi connectivity index (χ4n) is 3.71. The monoisotopic (exact) mass is 458 g/mol. The van der Waals surface area contributed by atoms with Crippen LogP contribution in [0.15, 0.2) is 29.2 Å². The number of piperazine rings is 1. The Bertz CT molecular complexity index is 947. The fraction of sp³-hybridized carbons (Fsp3) is 0.632. The zero-order valence-electron chi connectivity index (χ0n) is 17.5. The Kier molecular flexibility index (Phi) is 7.18. The predicted molar refractivity (Wildman–Crippen MR) is 115 cm³/mol. The molecule has 9 nitrogen and oxygen atoms in total. The van der Waals surface area contributed by atoms with Gasteiger partial charge < -0.3 is 10.2 Å². The molecule has 0 spiro atoms. The summed E-state index contributed by atoms with van der Waals surface area (Å²) < 4.78 is 52.4. The molecule has 2 saturated heterocycles. The van der Waals surface area contributed by atoms with E-state index in [0.717, 1.165) is 0 Å². The predicted octanol–water partition coefficient (Wildman–Crippen LogP) is 0.623. The summed E-state index contributed by atoms with van der Waals surface area (Å²) in [4.78, 5) is 14.8. The topological polar surface area (TPSA) is 107 Å². The van der Waals surface area contributed by atoms with Gasteiger partial charge in [-0.2, -0.15) is 4.31 Å². The average molecular weight is 459 g/mol. The van der Waals surface area contributed by atoms with Crippen LogP contribution in [-0.2, 0) is 24.8 Å². The minimum atomic E-state index is -3.54. The molecule has 1 amide bonds. The van der Waals surface area contributed by atoms with Crippen molar-refractivity contribution in [2.45, 2.75) is 24.7 Å². The lowest BCUT2D eigenvalue weighted by atomic mass is 9.97. The first-order valence-corrected chi connectivity index (χ1v) is 13.3. The number of amides is 1. The maximum Gasteiger partial charge on any atom is 0.243 e. The van der Waals surface area contributed by atoms with Crippen LogP contribution in [0.3, 0.4) is 0 Å². The van der Waals surface area contributed by atoms with Crippen molar-refractivity contribution in [2.24, 2.45) is 5.92 Å². The van der Waals surface area contributed by atoms with E-state index in [4.69, 9.17) is 0 Å². The number of hydrogen-bond acceptors (Lipinski definition) is 6. The molecule has 3 rings (SSSR count). The third kappa shape index (κ3) is 5.20. The number of carbonyl (C=O) groups excluding carboxylic acids is 1. The number of likely N-dealkylation sites (N-methyl/N-ethyl adjacent to an activating group) is 1. The van der Waals surface area contributed by atoms with Gasteiger partial charge in [0.25, 0.3) is 0 Å². The largest absolute Gasteiger partial charge is 0.326 e. The molecule has 2 fully saturated rings. The van der Waals surface area contributed by atoms with Gasteiger partial charge in [-0.15, -0.1) is 0 Å². The van der Waals surface area contributed by atoms with E-state index in [1.807, 2.05) is 7.05 Å². The van der Waals surface area contributed by atoms with Crippen molar-refractivity contribution in [1.29, 1.82) is 0 Å². The molecule has 11 heteroatoms. The van der Waals surface area contributed by atoms with Crippen LogP contribution in [0.5, 0.6) is 0 Å². The molecule has 0 saturated carbocycles. The Hall–Kier alpha value is -1.53. The Morgan fingerprint density at radius 2 is 1.50 bits per heavy atom. The third-order valence-electron chi connectivity index (χ3n) is 5.80. The highest BCUT2D eigenvalue weighted by Gasteiger charge is 2.30. The second-order valence-electron chi connectivity index (χ2n) is 7.79. The number of anilines is 1. The molecule has 1 N–H and O–H groups in total. The SMILES string of the molecule is CCS(=O)(=O)N1CCC(C(=O)Nc2ccc(S(=O)(=O)N3CCN(C)CC3)cc2)CC1. The van der Waals surface area contributed by atoms with Gasteiger partial charge in [0.1, 0.15) is 0 Å². The molecule has 30 heavy (non-hydrogen) atoms. The van der Waals surface area contributed by atoms with Gasteiger partial charge in [0.15, 0.2) is 0 Å². The Morgan fingerprint density at radius 1 is 0.933 bits per heavy atom. The molecule has 1 aromatic rings. The molecule has 0 aromatic heterocycles. The number of hydrogen-bond donors (Lipinski definition) is 1. The summed E-state index contributed by atoms with van der Waals surface area (Å²) in [6, 6.07) is 6.22. The minimum absolute atomic E-state index is 0.0627. The molecule has 0 aliphatic carbocycles. The normalized spacial score (nSPS) is 20.9. The number of nitrogens with one attached hydrogen (secondary N) is 1. The van der Waals surface area contributed by atoms with Crippen LogP contribution < -0.4 is 5.32 Å².